The Morgan fingerprint density at radius 1 is 0.545 bits per heavy atom. The van der Waals surface area contributed by atoms with Gasteiger partial charge in [-0.05, 0) is 81.6 Å². The molecule has 0 radical (unpaired) electrons. The Morgan fingerprint density at radius 2 is 0.977 bits per heavy atom. The molecular formula is C36H24O7S. The van der Waals surface area contributed by atoms with Gasteiger partial charge in [-0.1, -0.05) is 60.7 Å². The first-order valence-electron chi connectivity index (χ1n) is 13.7. The zero-order valence-electron chi connectivity index (χ0n) is 23.7. The summed E-state index contributed by atoms with van der Waals surface area (Å²) in [6.45, 7) is 0. The van der Waals surface area contributed by atoms with Gasteiger partial charge in [0.25, 0.3) is 0 Å². The van der Waals surface area contributed by atoms with Crippen LogP contribution >= 0.6 is 0 Å². The number of fused-ring (bicyclic) bond motifs is 6. The van der Waals surface area contributed by atoms with Crippen LogP contribution in [0.5, 0.6) is 11.5 Å². The Bertz CT molecular complexity index is 2130. The molecule has 1 aliphatic heterocycles. The number of sulfone groups is 1. The average molecular weight is 601 g/mol. The summed E-state index contributed by atoms with van der Waals surface area (Å²) in [6.07, 6.45) is 0. The van der Waals surface area contributed by atoms with E-state index in [2.05, 4.69) is 0 Å². The zero-order chi connectivity index (χ0) is 30.6. The number of rotatable bonds is 4. The van der Waals surface area contributed by atoms with E-state index in [-0.39, 0.29) is 21.3 Å². The molecule has 0 aliphatic carbocycles. The highest BCUT2D eigenvalue weighted by molar-refractivity contribution is 7.92. The Hall–Kier alpha value is -5.47. The van der Waals surface area contributed by atoms with E-state index < -0.39 is 21.8 Å². The molecule has 0 unspecified atom stereocenters. The van der Waals surface area contributed by atoms with Gasteiger partial charge in [-0.3, -0.25) is 0 Å². The number of carbonyl (C=O) groups is 2. The molecule has 1 heterocycles. The van der Waals surface area contributed by atoms with Crippen LogP contribution in [0.25, 0.3) is 43.8 Å². The van der Waals surface area contributed by atoms with E-state index in [9.17, 15) is 18.0 Å². The number of esters is 2. The first kappa shape index (κ1) is 27.4. The van der Waals surface area contributed by atoms with Crippen LogP contribution in [0.4, 0.5) is 0 Å². The minimum absolute atomic E-state index is 0.111. The van der Waals surface area contributed by atoms with Gasteiger partial charge in [-0.15, -0.1) is 0 Å². The van der Waals surface area contributed by atoms with Crippen molar-refractivity contribution in [2.24, 2.45) is 0 Å². The van der Waals surface area contributed by atoms with Crippen LogP contribution in [-0.4, -0.2) is 34.6 Å². The Kier molecular flexibility index (Phi) is 6.44. The van der Waals surface area contributed by atoms with Crippen molar-refractivity contribution in [2.75, 3.05) is 14.2 Å². The summed E-state index contributed by atoms with van der Waals surface area (Å²) < 4.78 is 44.6. The summed E-state index contributed by atoms with van der Waals surface area (Å²) in [6, 6.07) is 32.2. The van der Waals surface area contributed by atoms with Crippen molar-refractivity contribution in [1.82, 2.24) is 0 Å². The Balaban J connectivity index is 1.33. The van der Waals surface area contributed by atoms with Gasteiger partial charge in [0.1, 0.15) is 21.3 Å². The van der Waals surface area contributed by atoms with Crippen molar-refractivity contribution < 1.29 is 32.2 Å². The maximum Gasteiger partial charge on any atom is 0.337 e. The lowest BCUT2D eigenvalue weighted by Gasteiger charge is -2.23. The average Bonchev–Trinajstić information content (AvgIpc) is 3.06. The van der Waals surface area contributed by atoms with E-state index >= 15 is 0 Å². The molecule has 6 aromatic carbocycles. The van der Waals surface area contributed by atoms with Crippen LogP contribution in [0, 0.1) is 0 Å². The Labute approximate surface area is 253 Å². The first-order valence-corrected chi connectivity index (χ1v) is 15.2. The van der Waals surface area contributed by atoms with Gasteiger partial charge in [-0.2, -0.15) is 0 Å². The largest absolute Gasteiger partial charge is 0.465 e. The van der Waals surface area contributed by atoms with Crippen LogP contribution in [0.3, 0.4) is 0 Å². The van der Waals surface area contributed by atoms with E-state index in [4.69, 9.17) is 14.2 Å². The third-order valence-electron chi connectivity index (χ3n) is 7.86. The number of ether oxygens (including phenoxy) is 3. The van der Waals surface area contributed by atoms with Crippen molar-refractivity contribution in [2.45, 2.75) is 9.79 Å². The van der Waals surface area contributed by atoms with Gasteiger partial charge in [0, 0.05) is 10.8 Å². The molecule has 0 N–H and O–H groups in total. The van der Waals surface area contributed by atoms with Gasteiger partial charge in [0.15, 0.2) is 0 Å². The van der Waals surface area contributed by atoms with Crippen LogP contribution in [-0.2, 0) is 19.3 Å². The van der Waals surface area contributed by atoms with Gasteiger partial charge < -0.3 is 14.2 Å². The van der Waals surface area contributed by atoms with Crippen LogP contribution in [0.1, 0.15) is 20.7 Å². The highest BCUT2D eigenvalue weighted by Crippen LogP contribution is 2.49. The normalized spacial score (nSPS) is 13.0. The lowest BCUT2D eigenvalue weighted by Crippen LogP contribution is -2.12. The summed E-state index contributed by atoms with van der Waals surface area (Å²) in [5, 5.41) is 2.50. The fourth-order valence-electron chi connectivity index (χ4n) is 5.74. The van der Waals surface area contributed by atoms with Gasteiger partial charge >= 0.3 is 11.9 Å². The molecule has 0 amide bonds. The van der Waals surface area contributed by atoms with Crippen molar-refractivity contribution in [3.63, 3.8) is 0 Å². The first-order chi connectivity index (χ1) is 21.3. The lowest BCUT2D eigenvalue weighted by molar-refractivity contribution is 0.0592. The molecular weight excluding hydrogens is 576 g/mol. The SMILES string of the molecule is COC(=O)c1cccc(-c2ccc3c4c(ccc3c2)Oc2ccc3cc(-c5cccc(C(=O)OC)c5)ccc3c2S4(=O)=O)c1. The fourth-order valence-corrected chi connectivity index (χ4v) is 7.65. The molecule has 1 aliphatic rings. The Morgan fingerprint density at radius 3 is 1.41 bits per heavy atom. The molecule has 0 spiro atoms. The number of methoxy groups -OCH3 is 2. The maximum absolute atomic E-state index is 14.4. The smallest absolute Gasteiger partial charge is 0.337 e. The highest BCUT2D eigenvalue weighted by atomic mass is 32.2. The lowest BCUT2D eigenvalue weighted by atomic mass is 9.99. The molecule has 0 saturated heterocycles. The molecule has 0 saturated carbocycles. The second kappa shape index (κ2) is 10.4. The summed E-state index contributed by atoms with van der Waals surface area (Å²) in [5.74, 6) is -0.336. The van der Waals surface area contributed by atoms with Crippen LogP contribution < -0.4 is 4.74 Å². The number of carbonyl (C=O) groups excluding carboxylic acids is 2. The summed E-state index contributed by atoms with van der Waals surface area (Å²) in [4.78, 5) is 24.3. The summed E-state index contributed by atoms with van der Waals surface area (Å²) in [5.41, 5.74) is 4.11. The molecule has 44 heavy (non-hydrogen) atoms. The standard InChI is InChI=1S/C36H24O7S/c1-41-35(37)27-7-3-5-21(19-27)23-9-13-29-25(17-23)11-15-31-33(29)44(39,40)34-30-14-10-24(18-26(30)12-16-32(34)43-31)22-6-4-8-28(20-22)36(38)42-2/h3-20H,1-2H3. The number of hydrogen-bond acceptors (Lipinski definition) is 7. The fraction of sp³-hybridized carbons (Fsp3) is 0.0556. The summed E-state index contributed by atoms with van der Waals surface area (Å²) >= 11 is 0. The molecule has 216 valence electrons. The van der Waals surface area contributed by atoms with E-state index in [1.807, 2.05) is 48.5 Å². The van der Waals surface area contributed by atoms with Gasteiger partial charge in [-0.25, -0.2) is 18.0 Å². The van der Waals surface area contributed by atoms with Crippen LogP contribution in [0.2, 0.25) is 0 Å². The predicted molar refractivity (Wildman–Crippen MR) is 167 cm³/mol. The minimum Gasteiger partial charge on any atom is -0.465 e. The van der Waals surface area contributed by atoms with E-state index in [0.717, 1.165) is 22.3 Å². The van der Waals surface area contributed by atoms with Crippen LogP contribution in [0.15, 0.2) is 119 Å². The topological polar surface area (TPSA) is 96.0 Å². The molecule has 0 aromatic heterocycles. The maximum atomic E-state index is 14.4. The summed E-state index contributed by atoms with van der Waals surface area (Å²) in [7, 11) is -1.33. The number of hydrogen-bond donors (Lipinski definition) is 0. The molecule has 8 heteroatoms. The van der Waals surface area contributed by atoms with Crippen molar-refractivity contribution in [1.29, 1.82) is 0 Å². The van der Waals surface area contributed by atoms with E-state index in [1.54, 1.807) is 60.7 Å². The van der Waals surface area contributed by atoms with Crippen molar-refractivity contribution in [3.05, 3.63) is 120 Å². The highest BCUT2D eigenvalue weighted by Gasteiger charge is 2.35. The minimum atomic E-state index is -4.00. The molecule has 7 rings (SSSR count). The van der Waals surface area contributed by atoms with E-state index in [0.29, 0.717) is 32.7 Å². The third kappa shape index (κ3) is 4.39. The third-order valence-corrected chi connectivity index (χ3v) is 9.78. The molecule has 0 bridgehead atoms. The predicted octanol–water partition coefficient (Wildman–Crippen LogP) is 7.84. The second-order valence-electron chi connectivity index (χ2n) is 10.4. The molecule has 6 aromatic rings. The zero-order valence-corrected chi connectivity index (χ0v) is 24.5. The number of benzene rings is 6. The second-order valence-corrected chi connectivity index (χ2v) is 12.2. The van der Waals surface area contributed by atoms with Gasteiger partial charge in [0.2, 0.25) is 9.84 Å². The quantitative estimate of drug-likeness (QED) is 0.190. The molecule has 0 fully saturated rings. The van der Waals surface area contributed by atoms with E-state index in [1.165, 1.54) is 14.2 Å². The molecule has 7 nitrogen and oxygen atoms in total. The van der Waals surface area contributed by atoms with Crippen molar-refractivity contribution >= 4 is 43.3 Å². The monoisotopic (exact) mass is 600 g/mol. The molecule has 0 atom stereocenters. The van der Waals surface area contributed by atoms with Crippen molar-refractivity contribution in [3.8, 4) is 33.8 Å². The van der Waals surface area contributed by atoms with Gasteiger partial charge in [0.05, 0.1) is 25.3 Å².